The Morgan fingerprint density at radius 1 is 1.33 bits per heavy atom. The van der Waals surface area contributed by atoms with Crippen molar-refractivity contribution in [2.24, 2.45) is 0 Å². The Hall–Kier alpha value is -2.05. The maximum atomic E-state index is 12.6. The normalized spacial score (nSPS) is 15.2. The third kappa shape index (κ3) is 4.12. The molecule has 1 heterocycles. The number of fused-ring (bicyclic) bond motifs is 1. The van der Waals surface area contributed by atoms with Crippen molar-refractivity contribution < 1.29 is 24.4 Å². The molecule has 0 spiro atoms. The van der Waals surface area contributed by atoms with E-state index in [2.05, 4.69) is 10.1 Å². The number of aryl methyl sites for hydroxylation is 1. The highest BCUT2D eigenvalue weighted by molar-refractivity contribution is 6.33. The molecule has 0 atom stereocenters. The highest BCUT2D eigenvalue weighted by atomic mass is 35.5. The van der Waals surface area contributed by atoms with Crippen LogP contribution in [-0.4, -0.2) is 19.1 Å². The summed E-state index contributed by atoms with van der Waals surface area (Å²) in [6, 6.07) is 1.99. The van der Waals surface area contributed by atoms with E-state index in [1.807, 2.05) is 0 Å². The van der Waals surface area contributed by atoms with Crippen molar-refractivity contribution in [2.75, 3.05) is 7.11 Å². The van der Waals surface area contributed by atoms with Crippen LogP contribution in [0.3, 0.4) is 0 Å². The van der Waals surface area contributed by atoms with E-state index in [1.54, 1.807) is 6.92 Å². The van der Waals surface area contributed by atoms with Gasteiger partial charge in [0.25, 0.3) is 0 Å². The van der Waals surface area contributed by atoms with Crippen LogP contribution in [0.1, 0.15) is 48.8 Å². The van der Waals surface area contributed by atoms with Gasteiger partial charge in [-0.1, -0.05) is 23.8 Å². The SMILES string of the molecule is COC(=O)Cc1c(C)c2cc(Cl)c([O-])c(C[NH2+]C3CCCCC3)c2oc1=O. The summed E-state index contributed by atoms with van der Waals surface area (Å²) < 4.78 is 10.1. The minimum Gasteiger partial charge on any atom is -0.871 e. The van der Waals surface area contributed by atoms with E-state index in [0.717, 1.165) is 12.8 Å². The molecule has 2 aromatic rings. The molecule has 2 N–H and O–H groups in total. The molecule has 3 rings (SSSR count). The Morgan fingerprint density at radius 3 is 2.70 bits per heavy atom. The fourth-order valence-electron chi connectivity index (χ4n) is 3.79. The zero-order valence-corrected chi connectivity index (χ0v) is 16.4. The fourth-order valence-corrected chi connectivity index (χ4v) is 4.02. The molecule has 1 aliphatic rings. The van der Waals surface area contributed by atoms with Gasteiger partial charge in [-0.3, -0.25) is 4.79 Å². The summed E-state index contributed by atoms with van der Waals surface area (Å²) in [4.78, 5) is 24.0. The van der Waals surface area contributed by atoms with Crippen LogP contribution in [0.15, 0.2) is 15.3 Å². The number of hydrogen-bond acceptors (Lipinski definition) is 5. The highest BCUT2D eigenvalue weighted by Gasteiger charge is 2.21. The molecule has 146 valence electrons. The van der Waals surface area contributed by atoms with Gasteiger partial charge in [-0.15, -0.1) is 0 Å². The van der Waals surface area contributed by atoms with Gasteiger partial charge >= 0.3 is 11.6 Å². The van der Waals surface area contributed by atoms with Gasteiger partial charge in [0.15, 0.2) is 0 Å². The number of benzene rings is 1. The molecule has 27 heavy (non-hydrogen) atoms. The van der Waals surface area contributed by atoms with Crippen molar-refractivity contribution >= 4 is 28.5 Å². The lowest BCUT2D eigenvalue weighted by atomic mass is 9.95. The van der Waals surface area contributed by atoms with Crippen molar-refractivity contribution in [2.45, 2.75) is 58.0 Å². The Kier molecular flexibility index (Phi) is 6.07. The smallest absolute Gasteiger partial charge is 0.340 e. The molecule has 7 heteroatoms. The summed E-state index contributed by atoms with van der Waals surface area (Å²) in [5.41, 5.74) is 0.880. The first kappa shape index (κ1) is 19.7. The number of carbonyl (C=O) groups is 1. The third-order valence-corrected chi connectivity index (χ3v) is 5.71. The van der Waals surface area contributed by atoms with Gasteiger partial charge in [0.2, 0.25) is 0 Å². The van der Waals surface area contributed by atoms with Crippen LogP contribution >= 0.6 is 11.6 Å². The molecular weight excluding hydrogens is 370 g/mol. The van der Waals surface area contributed by atoms with E-state index >= 15 is 0 Å². The molecule has 6 nitrogen and oxygen atoms in total. The lowest BCUT2D eigenvalue weighted by Crippen LogP contribution is -2.88. The number of rotatable bonds is 5. The topological polar surface area (TPSA) is 96.2 Å². The number of halogens is 1. The van der Waals surface area contributed by atoms with Crippen molar-refractivity contribution in [1.82, 2.24) is 0 Å². The van der Waals surface area contributed by atoms with Crippen molar-refractivity contribution in [3.63, 3.8) is 0 Å². The molecule has 0 bridgehead atoms. The lowest BCUT2D eigenvalue weighted by Gasteiger charge is -2.22. The van der Waals surface area contributed by atoms with E-state index < -0.39 is 11.6 Å². The van der Waals surface area contributed by atoms with Gasteiger partial charge in [-0.25, -0.2) is 4.79 Å². The van der Waals surface area contributed by atoms with Crippen molar-refractivity contribution in [3.8, 4) is 5.75 Å². The number of nitrogens with two attached hydrogens (primary N) is 1. The second-order valence-corrected chi connectivity index (χ2v) is 7.53. The van der Waals surface area contributed by atoms with Crippen molar-refractivity contribution in [1.29, 1.82) is 0 Å². The molecule has 1 fully saturated rings. The van der Waals surface area contributed by atoms with E-state index in [-0.39, 0.29) is 28.3 Å². The molecule has 0 saturated heterocycles. The second-order valence-electron chi connectivity index (χ2n) is 7.13. The van der Waals surface area contributed by atoms with Crippen LogP contribution < -0.4 is 16.0 Å². The molecular formula is C20H24ClNO5. The summed E-state index contributed by atoms with van der Waals surface area (Å²) >= 11 is 6.17. The summed E-state index contributed by atoms with van der Waals surface area (Å²) in [6.07, 6.45) is 5.73. The van der Waals surface area contributed by atoms with Gasteiger partial charge in [-0.05, 0) is 44.2 Å². The molecule has 0 aliphatic heterocycles. The van der Waals surface area contributed by atoms with Crippen LogP contribution in [0.5, 0.6) is 5.75 Å². The maximum absolute atomic E-state index is 12.6. The molecule has 1 aliphatic carbocycles. The molecule has 0 radical (unpaired) electrons. The summed E-state index contributed by atoms with van der Waals surface area (Å²) in [5.74, 6) is -0.832. The number of carbonyl (C=O) groups excluding carboxylic acids is 1. The molecule has 1 saturated carbocycles. The van der Waals surface area contributed by atoms with E-state index in [4.69, 9.17) is 16.0 Å². The maximum Gasteiger partial charge on any atom is 0.340 e. The van der Waals surface area contributed by atoms with Gasteiger partial charge in [0, 0.05) is 16.0 Å². The Bertz CT molecular complexity index is 915. The van der Waals surface area contributed by atoms with Crippen LogP contribution in [0.4, 0.5) is 0 Å². The monoisotopic (exact) mass is 393 g/mol. The van der Waals surface area contributed by atoms with Crippen molar-refractivity contribution in [3.05, 3.63) is 38.2 Å². The van der Waals surface area contributed by atoms with Gasteiger partial charge in [0.05, 0.1) is 25.1 Å². The second kappa shape index (κ2) is 8.31. The number of quaternary nitrogens is 1. The van der Waals surface area contributed by atoms with Crippen LogP contribution in [0.25, 0.3) is 11.0 Å². The van der Waals surface area contributed by atoms with E-state index in [1.165, 1.54) is 32.4 Å². The van der Waals surface area contributed by atoms with Gasteiger partial charge < -0.3 is 19.6 Å². The number of hydrogen-bond donors (Lipinski definition) is 1. The zero-order valence-electron chi connectivity index (χ0n) is 15.6. The Morgan fingerprint density at radius 2 is 2.04 bits per heavy atom. The number of esters is 1. The average Bonchev–Trinajstić information content (AvgIpc) is 2.67. The first-order valence-electron chi connectivity index (χ1n) is 9.27. The number of ether oxygens (including phenoxy) is 1. The summed E-state index contributed by atoms with van der Waals surface area (Å²) in [6.45, 7) is 2.15. The first-order valence-corrected chi connectivity index (χ1v) is 9.65. The predicted octanol–water partition coefficient (Wildman–Crippen LogP) is 1.94. The zero-order chi connectivity index (χ0) is 19.6. The van der Waals surface area contributed by atoms with Crippen LogP contribution in [-0.2, 0) is 22.5 Å². The fraction of sp³-hybridized carbons (Fsp3) is 0.500. The van der Waals surface area contributed by atoms with Gasteiger partial charge in [0.1, 0.15) is 12.1 Å². The minimum absolute atomic E-state index is 0.0931. The summed E-state index contributed by atoms with van der Waals surface area (Å²) in [7, 11) is 1.26. The standard InChI is InChI=1S/C20H24ClNO5/c1-11-13-8-16(21)18(24)15(10-22-12-6-4-3-5-7-12)19(13)27-20(25)14(11)9-17(23)26-2/h8,12,22,24H,3-7,9-10H2,1-2H3. The van der Waals surface area contributed by atoms with E-state index in [9.17, 15) is 14.7 Å². The highest BCUT2D eigenvalue weighted by Crippen LogP contribution is 2.34. The predicted molar refractivity (Wildman–Crippen MR) is 99.9 cm³/mol. The quantitative estimate of drug-likeness (QED) is 0.618. The molecule has 0 amide bonds. The Balaban J connectivity index is 2.03. The molecule has 0 unspecified atom stereocenters. The average molecular weight is 394 g/mol. The first-order chi connectivity index (χ1) is 12.9. The molecule has 1 aromatic carbocycles. The van der Waals surface area contributed by atoms with Gasteiger partial charge in [-0.2, -0.15) is 0 Å². The van der Waals surface area contributed by atoms with Crippen LogP contribution in [0, 0.1) is 6.92 Å². The Labute approximate surface area is 162 Å². The molecule has 1 aromatic heterocycles. The largest absolute Gasteiger partial charge is 0.871 e. The van der Waals surface area contributed by atoms with E-state index in [0.29, 0.717) is 29.1 Å². The summed E-state index contributed by atoms with van der Waals surface area (Å²) in [5, 5.41) is 15.4. The third-order valence-electron chi connectivity index (χ3n) is 5.43. The minimum atomic E-state index is -0.619. The van der Waals surface area contributed by atoms with Crippen LogP contribution in [0.2, 0.25) is 5.02 Å². The number of methoxy groups -OCH3 is 1. The lowest BCUT2D eigenvalue weighted by molar-refractivity contribution is -0.706.